The van der Waals surface area contributed by atoms with E-state index < -0.39 is 15.8 Å². The molecule has 0 radical (unpaired) electrons. The molecule has 0 aromatic heterocycles. The highest BCUT2D eigenvalue weighted by Crippen LogP contribution is 2.26. The summed E-state index contributed by atoms with van der Waals surface area (Å²) in [5.74, 6) is -0.842. The number of anilines is 1. The van der Waals surface area contributed by atoms with Crippen LogP contribution in [0.5, 0.6) is 0 Å². The van der Waals surface area contributed by atoms with Crippen molar-refractivity contribution < 1.29 is 12.8 Å². The summed E-state index contributed by atoms with van der Waals surface area (Å²) in [4.78, 5) is -0.259. The molecule has 112 valence electrons. The molecule has 2 rings (SSSR count). The summed E-state index contributed by atoms with van der Waals surface area (Å²) >= 11 is 11.5. The van der Waals surface area contributed by atoms with Crippen LogP contribution in [0.3, 0.4) is 0 Å². The molecule has 0 spiro atoms. The van der Waals surface area contributed by atoms with Crippen LogP contribution in [-0.2, 0) is 16.6 Å². The molecule has 2 aromatic carbocycles. The van der Waals surface area contributed by atoms with Crippen LogP contribution in [0.4, 0.5) is 10.1 Å². The van der Waals surface area contributed by atoms with Crippen LogP contribution >= 0.6 is 23.2 Å². The van der Waals surface area contributed by atoms with E-state index >= 15 is 0 Å². The Morgan fingerprint density at radius 3 is 2.52 bits per heavy atom. The van der Waals surface area contributed by atoms with Gasteiger partial charge < -0.3 is 5.73 Å². The second-order valence-electron chi connectivity index (χ2n) is 4.20. The van der Waals surface area contributed by atoms with E-state index in [0.717, 1.165) is 6.07 Å². The van der Waals surface area contributed by atoms with E-state index in [1.165, 1.54) is 18.2 Å². The second-order valence-corrected chi connectivity index (χ2v) is 6.69. The molecule has 0 unspecified atom stereocenters. The number of benzene rings is 2. The monoisotopic (exact) mass is 348 g/mol. The van der Waals surface area contributed by atoms with Gasteiger partial charge in [-0.05, 0) is 35.9 Å². The van der Waals surface area contributed by atoms with Gasteiger partial charge in [0.2, 0.25) is 0 Å². The minimum atomic E-state index is -3.96. The molecule has 0 bridgehead atoms. The number of halogens is 3. The summed E-state index contributed by atoms with van der Waals surface area (Å²) in [7, 11) is -3.96. The zero-order valence-electron chi connectivity index (χ0n) is 10.6. The second kappa shape index (κ2) is 6.19. The van der Waals surface area contributed by atoms with Crippen molar-refractivity contribution in [1.29, 1.82) is 0 Å². The Balaban J connectivity index is 2.42. The Morgan fingerprint density at radius 1 is 1.19 bits per heavy atom. The largest absolute Gasteiger partial charge is 0.326 e. The third-order valence-electron chi connectivity index (χ3n) is 2.68. The van der Waals surface area contributed by atoms with Gasteiger partial charge in [-0.15, -0.1) is 0 Å². The fourth-order valence-corrected chi connectivity index (χ4v) is 3.18. The topological polar surface area (TPSA) is 72.2 Å². The van der Waals surface area contributed by atoms with Gasteiger partial charge in [0.1, 0.15) is 5.82 Å². The molecular weight excluding hydrogens is 338 g/mol. The molecule has 0 aliphatic heterocycles. The molecule has 3 N–H and O–H groups in total. The van der Waals surface area contributed by atoms with Crippen LogP contribution in [-0.4, -0.2) is 8.42 Å². The van der Waals surface area contributed by atoms with Crippen molar-refractivity contribution in [3.05, 3.63) is 57.8 Å². The SMILES string of the molecule is NCc1cc(S(=O)(=O)Nc2cccc(Cl)c2)cc(F)c1Cl. The molecule has 4 nitrogen and oxygen atoms in total. The lowest BCUT2D eigenvalue weighted by Crippen LogP contribution is -2.14. The van der Waals surface area contributed by atoms with Gasteiger partial charge >= 0.3 is 0 Å². The van der Waals surface area contributed by atoms with Gasteiger partial charge in [0.15, 0.2) is 0 Å². The third kappa shape index (κ3) is 3.65. The van der Waals surface area contributed by atoms with Crippen molar-refractivity contribution in [2.45, 2.75) is 11.4 Å². The number of rotatable bonds is 4. The first-order valence-electron chi connectivity index (χ1n) is 5.80. The Kier molecular flexibility index (Phi) is 4.73. The van der Waals surface area contributed by atoms with Crippen LogP contribution in [0.25, 0.3) is 0 Å². The van der Waals surface area contributed by atoms with Gasteiger partial charge in [0.05, 0.1) is 15.6 Å². The molecule has 0 saturated carbocycles. The van der Waals surface area contributed by atoms with Crippen molar-refractivity contribution in [2.24, 2.45) is 5.73 Å². The predicted octanol–water partition coefficient (Wildman–Crippen LogP) is 3.39. The lowest BCUT2D eigenvalue weighted by molar-refractivity contribution is 0.594. The Morgan fingerprint density at radius 2 is 1.90 bits per heavy atom. The standard InChI is InChI=1S/C13H11Cl2FN2O2S/c14-9-2-1-3-10(5-9)18-21(19,20)11-4-8(7-17)13(15)12(16)6-11/h1-6,18H,7,17H2. The van der Waals surface area contributed by atoms with Crippen LogP contribution in [0, 0.1) is 5.82 Å². The summed E-state index contributed by atoms with van der Waals surface area (Å²) in [5, 5.41) is 0.194. The summed E-state index contributed by atoms with van der Waals surface area (Å²) < 4.78 is 40.4. The molecule has 0 fully saturated rings. The lowest BCUT2D eigenvalue weighted by atomic mass is 10.2. The molecule has 0 aliphatic carbocycles. The van der Waals surface area contributed by atoms with Gasteiger partial charge in [-0.3, -0.25) is 4.72 Å². The van der Waals surface area contributed by atoms with Crippen LogP contribution in [0.1, 0.15) is 5.56 Å². The first-order valence-corrected chi connectivity index (χ1v) is 8.04. The Labute approximate surface area is 131 Å². The van der Waals surface area contributed by atoms with Crippen molar-refractivity contribution in [1.82, 2.24) is 0 Å². The molecule has 0 aliphatic rings. The summed E-state index contributed by atoms with van der Waals surface area (Å²) in [6, 6.07) is 8.24. The molecule has 21 heavy (non-hydrogen) atoms. The van der Waals surface area contributed by atoms with Crippen LogP contribution in [0.15, 0.2) is 41.3 Å². The van der Waals surface area contributed by atoms with E-state index in [0.29, 0.717) is 5.02 Å². The number of hydrogen-bond donors (Lipinski definition) is 2. The van der Waals surface area contributed by atoms with Gasteiger partial charge in [-0.1, -0.05) is 29.3 Å². The Bertz CT molecular complexity index is 782. The van der Waals surface area contributed by atoms with Gasteiger partial charge in [-0.2, -0.15) is 0 Å². The normalized spacial score (nSPS) is 11.4. The maximum atomic E-state index is 13.7. The molecule has 2 aromatic rings. The number of nitrogens with one attached hydrogen (secondary N) is 1. The van der Waals surface area contributed by atoms with E-state index in [1.807, 2.05) is 0 Å². The Hall–Kier alpha value is -1.34. The van der Waals surface area contributed by atoms with Crippen molar-refractivity contribution in [3.8, 4) is 0 Å². The minimum absolute atomic E-state index is 0.0731. The first kappa shape index (κ1) is 16.0. The van der Waals surface area contributed by atoms with E-state index in [4.69, 9.17) is 28.9 Å². The zero-order chi connectivity index (χ0) is 15.6. The van der Waals surface area contributed by atoms with Gasteiger partial charge in [-0.25, -0.2) is 12.8 Å². The predicted molar refractivity (Wildman–Crippen MR) is 81.6 cm³/mol. The first-order chi connectivity index (χ1) is 9.83. The fourth-order valence-electron chi connectivity index (χ4n) is 1.69. The van der Waals surface area contributed by atoms with E-state index in [2.05, 4.69) is 4.72 Å². The molecular formula is C13H11Cl2FN2O2S. The molecule has 8 heteroatoms. The molecule has 0 saturated heterocycles. The van der Waals surface area contributed by atoms with Crippen LogP contribution in [0.2, 0.25) is 10.0 Å². The quantitative estimate of drug-likeness (QED) is 0.889. The van der Waals surface area contributed by atoms with E-state index in [1.54, 1.807) is 12.1 Å². The minimum Gasteiger partial charge on any atom is -0.326 e. The van der Waals surface area contributed by atoms with Gasteiger partial charge in [0, 0.05) is 11.6 Å². The number of nitrogens with two attached hydrogens (primary N) is 1. The van der Waals surface area contributed by atoms with Crippen molar-refractivity contribution in [2.75, 3.05) is 4.72 Å². The van der Waals surface area contributed by atoms with Crippen molar-refractivity contribution >= 4 is 38.9 Å². The molecule has 0 atom stereocenters. The summed E-state index contributed by atoms with van der Waals surface area (Å²) in [6.45, 7) is -0.0731. The zero-order valence-corrected chi connectivity index (χ0v) is 12.9. The molecule has 0 heterocycles. The number of hydrogen-bond acceptors (Lipinski definition) is 3. The summed E-state index contributed by atoms with van der Waals surface area (Å²) in [5.41, 5.74) is 5.90. The highest BCUT2D eigenvalue weighted by atomic mass is 35.5. The average molecular weight is 349 g/mol. The third-order valence-corrected chi connectivity index (χ3v) is 4.70. The highest BCUT2D eigenvalue weighted by Gasteiger charge is 2.19. The smallest absolute Gasteiger partial charge is 0.262 e. The van der Waals surface area contributed by atoms with E-state index in [-0.39, 0.29) is 27.7 Å². The summed E-state index contributed by atoms with van der Waals surface area (Å²) in [6.07, 6.45) is 0. The average Bonchev–Trinajstić information content (AvgIpc) is 2.41. The van der Waals surface area contributed by atoms with Crippen LogP contribution < -0.4 is 10.5 Å². The maximum absolute atomic E-state index is 13.7. The maximum Gasteiger partial charge on any atom is 0.262 e. The molecule has 0 amide bonds. The lowest BCUT2D eigenvalue weighted by Gasteiger charge is -2.11. The van der Waals surface area contributed by atoms with E-state index in [9.17, 15) is 12.8 Å². The number of sulfonamides is 1. The highest BCUT2D eigenvalue weighted by molar-refractivity contribution is 7.92. The fraction of sp³-hybridized carbons (Fsp3) is 0.0769. The van der Waals surface area contributed by atoms with Crippen molar-refractivity contribution in [3.63, 3.8) is 0 Å². The van der Waals surface area contributed by atoms with Gasteiger partial charge in [0.25, 0.3) is 10.0 Å².